The molecule has 0 unspecified atom stereocenters. The molecule has 0 amide bonds. The van der Waals surface area contributed by atoms with Crippen LogP contribution in [-0.4, -0.2) is 28.8 Å². The molecule has 0 saturated heterocycles. The van der Waals surface area contributed by atoms with E-state index in [2.05, 4.69) is 10.3 Å². The van der Waals surface area contributed by atoms with Crippen molar-refractivity contribution >= 4 is 33.2 Å². The van der Waals surface area contributed by atoms with Crippen LogP contribution >= 0.6 is 0 Å². The Bertz CT molecular complexity index is 1070. The van der Waals surface area contributed by atoms with Gasteiger partial charge in [-0.1, -0.05) is 24.3 Å². The number of anilines is 1. The molecule has 136 valence electrons. The normalized spacial score (nSPS) is 11.8. The fraction of sp³-hybridized carbons (Fsp3) is 0.222. The maximum Gasteiger partial charge on any atom is 0.244 e. The van der Waals surface area contributed by atoms with Gasteiger partial charge in [-0.25, -0.2) is 21.8 Å². The third-order valence-corrected chi connectivity index (χ3v) is 6.12. The predicted octanol–water partition coefficient (Wildman–Crippen LogP) is 3.37. The number of imidazole rings is 1. The molecule has 0 fully saturated rings. The van der Waals surface area contributed by atoms with Crippen molar-refractivity contribution in [1.29, 1.82) is 5.41 Å². The van der Waals surface area contributed by atoms with E-state index in [0.29, 0.717) is 22.2 Å². The van der Waals surface area contributed by atoms with Crippen molar-refractivity contribution in [1.82, 2.24) is 8.96 Å². The molecule has 0 radical (unpaired) electrons. The largest absolute Gasteiger partial charge is 0.351 e. The van der Waals surface area contributed by atoms with E-state index in [9.17, 15) is 12.8 Å². The Morgan fingerprint density at radius 1 is 1.27 bits per heavy atom. The Balaban J connectivity index is 2.12. The Labute approximate surface area is 151 Å². The number of hydrogen-bond donors (Lipinski definition) is 2. The number of hydrogen-bond acceptors (Lipinski definition) is 5. The lowest BCUT2D eigenvalue weighted by molar-refractivity contribution is 0.580. The van der Waals surface area contributed by atoms with Crippen molar-refractivity contribution < 1.29 is 12.8 Å². The Hall–Kier alpha value is -2.74. The molecule has 3 rings (SSSR count). The average molecular weight is 374 g/mol. The second-order valence-corrected chi connectivity index (χ2v) is 8.47. The maximum atomic E-state index is 13.8. The molecule has 0 spiro atoms. The molecule has 0 aliphatic rings. The molecule has 6 nitrogen and oxygen atoms in total. The second kappa shape index (κ2) is 6.87. The highest BCUT2D eigenvalue weighted by atomic mass is 32.2. The van der Waals surface area contributed by atoms with Crippen molar-refractivity contribution in [3.8, 4) is 0 Å². The quantitative estimate of drug-likeness (QED) is 0.648. The van der Waals surface area contributed by atoms with Gasteiger partial charge in [0.25, 0.3) is 0 Å². The lowest BCUT2D eigenvalue weighted by atomic mass is 10.2. The predicted molar refractivity (Wildman–Crippen MR) is 101 cm³/mol. The topological polar surface area (TPSA) is 87.8 Å². The van der Waals surface area contributed by atoms with Crippen molar-refractivity contribution in [2.45, 2.75) is 25.6 Å². The van der Waals surface area contributed by atoms with Crippen LogP contribution in [0.5, 0.6) is 0 Å². The molecule has 2 aromatic carbocycles. The van der Waals surface area contributed by atoms with Crippen molar-refractivity contribution in [3.63, 3.8) is 0 Å². The fourth-order valence-electron chi connectivity index (χ4n) is 2.56. The summed E-state index contributed by atoms with van der Waals surface area (Å²) < 4.78 is 40.7. The number of benzene rings is 2. The molecule has 0 aliphatic heterocycles. The fourth-order valence-corrected chi connectivity index (χ4v) is 3.75. The minimum Gasteiger partial charge on any atom is -0.351 e. The van der Waals surface area contributed by atoms with Gasteiger partial charge >= 0.3 is 0 Å². The van der Waals surface area contributed by atoms with E-state index in [1.165, 1.54) is 6.07 Å². The maximum absolute atomic E-state index is 13.8. The van der Waals surface area contributed by atoms with Crippen molar-refractivity contribution in [2.75, 3.05) is 5.32 Å². The molecule has 8 heteroatoms. The number of nitrogens with one attached hydrogen (secondary N) is 2. The monoisotopic (exact) mass is 374 g/mol. The van der Waals surface area contributed by atoms with E-state index < -0.39 is 15.3 Å². The third kappa shape index (κ3) is 3.20. The smallest absolute Gasteiger partial charge is 0.244 e. The van der Waals surface area contributed by atoms with E-state index in [1.807, 2.05) is 0 Å². The Morgan fingerprint density at radius 2 is 2.00 bits per heavy atom. The lowest BCUT2D eigenvalue weighted by Crippen LogP contribution is -2.24. The minimum absolute atomic E-state index is 0.0983. The first-order chi connectivity index (χ1) is 12.3. The van der Waals surface area contributed by atoms with Crippen LogP contribution in [0.4, 0.5) is 10.3 Å². The van der Waals surface area contributed by atoms with Crippen LogP contribution in [0.1, 0.15) is 25.0 Å². The molecule has 0 saturated carbocycles. The van der Waals surface area contributed by atoms with Crippen LogP contribution in [0.3, 0.4) is 0 Å². The summed E-state index contributed by atoms with van der Waals surface area (Å²) in [6.45, 7) is 3.27. The molecular weight excluding hydrogens is 355 g/mol. The molecule has 26 heavy (non-hydrogen) atoms. The number of halogens is 1. The zero-order chi connectivity index (χ0) is 18.9. The summed E-state index contributed by atoms with van der Waals surface area (Å²) in [6, 6.07) is 11.2. The lowest BCUT2D eigenvalue weighted by Gasteiger charge is -2.14. The van der Waals surface area contributed by atoms with Gasteiger partial charge in [-0.3, -0.25) is 0 Å². The SMILES string of the molecule is CC(C)S(=O)(=O)n1c(NCc2ccccc2F)nc2ccc(C=N)cc21. The van der Waals surface area contributed by atoms with Crippen LogP contribution < -0.4 is 5.32 Å². The van der Waals surface area contributed by atoms with Gasteiger partial charge in [-0.2, -0.15) is 0 Å². The zero-order valence-corrected chi connectivity index (χ0v) is 15.2. The first-order valence-corrected chi connectivity index (χ1v) is 9.59. The van der Waals surface area contributed by atoms with Gasteiger partial charge in [0, 0.05) is 18.3 Å². The summed E-state index contributed by atoms with van der Waals surface area (Å²) in [5, 5.41) is 9.66. The summed E-state index contributed by atoms with van der Waals surface area (Å²) in [5.74, 6) is -0.250. The van der Waals surface area contributed by atoms with Gasteiger partial charge in [0.1, 0.15) is 5.82 Å². The molecule has 1 aromatic heterocycles. The summed E-state index contributed by atoms with van der Waals surface area (Å²) in [6.07, 6.45) is 1.14. The van der Waals surface area contributed by atoms with E-state index in [0.717, 1.165) is 10.2 Å². The second-order valence-electron chi connectivity index (χ2n) is 6.13. The van der Waals surface area contributed by atoms with Gasteiger partial charge < -0.3 is 10.7 Å². The van der Waals surface area contributed by atoms with Crippen LogP contribution in [-0.2, 0) is 16.6 Å². The van der Waals surface area contributed by atoms with Crippen molar-refractivity contribution in [2.24, 2.45) is 0 Å². The number of aromatic nitrogens is 2. The van der Waals surface area contributed by atoms with E-state index in [4.69, 9.17) is 5.41 Å². The zero-order valence-electron chi connectivity index (χ0n) is 14.4. The van der Waals surface area contributed by atoms with Gasteiger partial charge in [0.15, 0.2) is 0 Å². The Kier molecular flexibility index (Phi) is 4.78. The van der Waals surface area contributed by atoms with Crippen LogP contribution in [0.25, 0.3) is 11.0 Å². The van der Waals surface area contributed by atoms with Crippen LogP contribution in [0.15, 0.2) is 42.5 Å². The standard InChI is InChI=1S/C18H19FN4O2S/c1-12(2)26(24,25)23-17-9-13(10-20)7-8-16(17)22-18(23)21-11-14-5-3-4-6-15(14)19/h3-10,12,20H,11H2,1-2H3,(H,21,22). The van der Waals surface area contributed by atoms with Gasteiger partial charge in [-0.05, 0) is 37.6 Å². The highest BCUT2D eigenvalue weighted by Crippen LogP contribution is 2.25. The van der Waals surface area contributed by atoms with E-state index >= 15 is 0 Å². The van der Waals surface area contributed by atoms with E-state index in [-0.39, 0.29) is 18.3 Å². The Morgan fingerprint density at radius 3 is 2.65 bits per heavy atom. The summed E-state index contributed by atoms with van der Waals surface area (Å²) in [4.78, 5) is 4.36. The molecule has 0 bridgehead atoms. The summed E-state index contributed by atoms with van der Waals surface area (Å²) in [7, 11) is -3.71. The molecule has 2 N–H and O–H groups in total. The molecular formula is C18H19FN4O2S. The number of nitrogens with zero attached hydrogens (tertiary/aromatic N) is 2. The van der Waals surface area contributed by atoms with Gasteiger partial charge in [0.05, 0.1) is 16.3 Å². The third-order valence-electron chi connectivity index (χ3n) is 4.05. The summed E-state index contributed by atoms with van der Waals surface area (Å²) in [5.41, 5.74) is 1.85. The first kappa shape index (κ1) is 18.1. The molecule has 3 aromatic rings. The highest BCUT2D eigenvalue weighted by Gasteiger charge is 2.25. The van der Waals surface area contributed by atoms with Crippen LogP contribution in [0, 0.1) is 11.2 Å². The molecule has 0 aliphatic carbocycles. The van der Waals surface area contributed by atoms with E-state index in [1.54, 1.807) is 50.2 Å². The van der Waals surface area contributed by atoms with Crippen molar-refractivity contribution in [3.05, 3.63) is 59.4 Å². The number of fused-ring (bicyclic) bond motifs is 1. The average Bonchev–Trinajstić information content (AvgIpc) is 2.98. The summed E-state index contributed by atoms with van der Waals surface area (Å²) >= 11 is 0. The van der Waals surface area contributed by atoms with Gasteiger partial charge in [-0.15, -0.1) is 0 Å². The van der Waals surface area contributed by atoms with Crippen LogP contribution in [0.2, 0.25) is 0 Å². The number of rotatable bonds is 6. The van der Waals surface area contributed by atoms with Gasteiger partial charge in [0.2, 0.25) is 16.0 Å². The first-order valence-electron chi connectivity index (χ1n) is 8.09. The highest BCUT2D eigenvalue weighted by molar-refractivity contribution is 7.90. The molecule has 1 heterocycles. The minimum atomic E-state index is -3.71. The molecule has 0 atom stereocenters.